The molecule has 0 spiro atoms. The van der Waals surface area contributed by atoms with Crippen LogP contribution in [0, 0.1) is 46.3 Å². The zero-order chi connectivity index (χ0) is 22.4. The molecule has 0 aliphatic heterocycles. The van der Waals surface area contributed by atoms with Crippen molar-refractivity contribution < 1.29 is 9.84 Å². The van der Waals surface area contributed by atoms with E-state index >= 15 is 0 Å². The van der Waals surface area contributed by atoms with E-state index in [0.717, 1.165) is 48.3 Å². The summed E-state index contributed by atoms with van der Waals surface area (Å²) in [5.74, 6) is 5.17. The van der Waals surface area contributed by atoms with Gasteiger partial charge >= 0.3 is 0 Å². The van der Waals surface area contributed by atoms with Crippen molar-refractivity contribution in [2.75, 3.05) is 6.61 Å². The Hall–Kier alpha value is -0.0500. The first-order chi connectivity index (χ1) is 14.7. The molecule has 4 aliphatic carbocycles. The van der Waals surface area contributed by atoms with Crippen molar-refractivity contribution in [2.24, 2.45) is 46.3 Å². The minimum Gasteiger partial charge on any atom is -0.390 e. The van der Waals surface area contributed by atoms with Gasteiger partial charge in [0.2, 0.25) is 0 Å². The van der Waals surface area contributed by atoms with E-state index in [-0.39, 0.29) is 30.0 Å². The van der Waals surface area contributed by atoms with Crippen LogP contribution in [0.25, 0.3) is 0 Å². The third kappa shape index (κ3) is 4.47. The zero-order valence-corrected chi connectivity index (χ0v) is 22.6. The van der Waals surface area contributed by atoms with Crippen molar-refractivity contribution in [3.8, 4) is 0 Å². The van der Waals surface area contributed by atoms with Crippen LogP contribution in [-0.4, -0.2) is 23.9 Å². The van der Waals surface area contributed by atoms with E-state index in [0.29, 0.717) is 12.0 Å². The fourth-order valence-electron chi connectivity index (χ4n) is 9.10. The molecular weight excluding hydrogens is 416 g/mol. The molecule has 0 aromatic rings. The third-order valence-electron chi connectivity index (χ3n) is 10.7. The SMILES string of the molecule is CCOC1C2=CC[C@H]3[C@@H]4CC[C@H]([C@H](C)CCCC(C)C)[C@@]4(C)CC[C@@H]3[C@@]2(C)CC[C@@H]1O.Cl. The zero-order valence-electron chi connectivity index (χ0n) is 21.7. The normalized spacial score (nSPS) is 44.2. The van der Waals surface area contributed by atoms with Gasteiger partial charge in [0.25, 0.3) is 0 Å². The third-order valence-corrected chi connectivity index (χ3v) is 10.7. The molecule has 0 aromatic heterocycles. The Morgan fingerprint density at radius 2 is 1.78 bits per heavy atom. The maximum atomic E-state index is 10.7. The number of hydrogen-bond acceptors (Lipinski definition) is 2. The highest BCUT2D eigenvalue weighted by molar-refractivity contribution is 5.85. The Morgan fingerprint density at radius 3 is 2.47 bits per heavy atom. The average Bonchev–Trinajstić information content (AvgIpc) is 3.07. The van der Waals surface area contributed by atoms with Crippen LogP contribution in [-0.2, 0) is 4.74 Å². The molecule has 0 amide bonds. The van der Waals surface area contributed by atoms with E-state index < -0.39 is 0 Å². The molecule has 0 bridgehead atoms. The Labute approximate surface area is 204 Å². The quantitative estimate of drug-likeness (QED) is 0.387. The summed E-state index contributed by atoms with van der Waals surface area (Å²) in [6.45, 7) is 15.3. The molecule has 1 N–H and O–H groups in total. The van der Waals surface area contributed by atoms with Crippen LogP contribution in [0.15, 0.2) is 11.6 Å². The molecule has 4 rings (SSSR count). The fraction of sp³-hybridized carbons (Fsp3) is 0.931. The van der Waals surface area contributed by atoms with E-state index in [4.69, 9.17) is 4.74 Å². The fourth-order valence-corrected chi connectivity index (χ4v) is 9.10. The van der Waals surface area contributed by atoms with Gasteiger partial charge in [-0.1, -0.05) is 60.0 Å². The molecule has 9 atom stereocenters. The molecule has 0 aromatic carbocycles. The standard InChI is InChI=1S/C29H50O2.ClH/c1-7-31-27-25-12-11-21-23-14-13-22(20(4)10-8-9-19(2)3)28(23,5)17-15-24(21)29(25,6)18-16-26(27)30;/h12,19-24,26-27,30H,7-11,13-18H2,1-6H3;1H/t20-,21+,22-,23+,24+,26+,27?,28-,29-;/m1./s1. The van der Waals surface area contributed by atoms with Crippen LogP contribution in [0.4, 0.5) is 0 Å². The van der Waals surface area contributed by atoms with Gasteiger partial charge in [-0.2, -0.15) is 0 Å². The largest absolute Gasteiger partial charge is 0.390 e. The van der Waals surface area contributed by atoms with Crippen molar-refractivity contribution in [3.63, 3.8) is 0 Å². The van der Waals surface area contributed by atoms with Gasteiger partial charge in [-0.15, -0.1) is 12.4 Å². The number of aliphatic hydroxyl groups excluding tert-OH is 1. The van der Waals surface area contributed by atoms with E-state index in [9.17, 15) is 5.11 Å². The number of ether oxygens (including phenoxy) is 1. The van der Waals surface area contributed by atoms with Crippen molar-refractivity contribution >= 4 is 12.4 Å². The molecule has 32 heavy (non-hydrogen) atoms. The maximum absolute atomic E-state index is 10.7. The first-order valence-electron chi connectivity index (χ1n) is 13.7. The minimum atomic E-state index is -0.313. The van der Waals surface area contributed by atoms with Gasteiger partial charge in [-0.3, -0.25) is 0 Å². The predicted octanol–water partition coefficient (Wildman–Crippen LogP) is 7.83. The molecule has 3 heteroatoms. The average molecular weight is 467 g/mol. The molecule has 4 aliphatic rings. The Kier molecular flexibility index (Phi) is 8.54. The van der Waals surface area contributed by atoms with Gasteiger partial charge in [-0.25, -0.2) is 0 Å². The van der Waals surface area contributed by atoms with E-state index in [2.05, 4.69) is 47.6 Å². The van der Waals surface area contributed by atoms with Crippen molar-refractivity contribution in [3.05, 3.63) is 11.6 Å². The lowest BCUT2D eigenvalue weighted by Crippen LogP contribution is -2.54. The summed E-state index contributed by atoms with van der Waals surface area (Å²) in [5, 5.41) is 10.7. The van der Waals surface area contributed by atoms with Gasteiger partial charge in [0, 0.05) is 6.61 Å². The number of fused-ring (bicyclic) bond motifs is 5. The van der Waals surface area contributed by atoms with Crippen LogP contribution < -0.4 is 0 Å². The predicted molar refractivity (Wildman–Crippen MR) is 137 cm³/mol. The van der Waals surface area contributed by atoms with Crippen molar-refractivity contribution in [1.82, 2.24) is 0 Å². The lowest BCUT2D eigenvalue weighted by Gasteiger charge is -2.59. The van der Waals surface area contributed by atoms with Crippen molar-refractivity contribution in [2.45, 2.75) is 118 Å². The first kappa shape index (κ1) is 26.6. The molecular formula is C29H51ClO2. The highest BCUT2D eigenvalue weighted by Gasteiger charge is 2.60. The molecule has 0 heterocycles. The lowest BCUT2D eigenvalue weighted by molar-refractivity contribution is -0.0946. The molecule has 3 saturated carbocycles. The van der Waals surface area contributed by atoms with Crippen molar-refractivity contribution in [1.29, 1.82) is 0 Å². The Morgan fingerprint density at radius 1 is 1.03 bits per heavy atom. The molecule has 0 radical (unpaired) electrons. The van der Waals surface area contributed by atoms with E-state index in [1.807, 2.05) is 0 Å². The highest BCUT2D eigenvalue weighted by atomic mass is 35.5. The topological polar surface area (TPSA) is 29.5 Å². The molecule has 186 valence electrons. The van der Waals surface area contributed by atoms with Crippen LogP contribution >= 0.6 is 12.4 Å². The smallest absolute Gasteiger partial charge is 0.105 e. The molecule has 2 nitrogen and oxygen atoms in total. The second-order valence-corrected chi connectivity index (χ2v) is 12.7. The number of halogens is 1. The summed E-state index contributed by atoms with van der Waals surface area (Å²) < 4.78 is 6.10. The van der Waals surface area contributed by atoms with Gasteiger partial charge in [0.05, 0.1) is 6.10 Å². The number of hydrogen-bond donors (Lipinski definition) is 1. The van der Waals surface area contributed by atoms with E-state index in [1.54, 1.807) is 0 Å². The summed E-state index contributed by atoms with van der Waals surface area (Å²) >= 11 is 0. The van der Waals surface area contributed by atoms with Gasteiger partial charge in [-0.05, 0) is 104 Å². The van der Waals surface area contributed by atoms with Gasteiger partial charge in [0.1, 0.15) is 6.10 Å². The lowest BCUT2D eigenvalue weighted by atomic mass is 9.46. The van der Waals surface area contributed by atoms with Gasteiger partial charge in [0.15, 0.2) is 0 Å². The Balaban J connectivity index is 0.00000289. The number of aliphatic hydroxyl groups is 1. The van der Waals surface area contributed by atoms with Crippen LogP contribution in [0.2, 0.25) is 0 Å². The molecule has 1 unspecified atom stereocenters. The number of allylic oxidation sites excluding steroid dienone is 1. The second kappa shape index (κ2) is 10.3. The molecule has 3 fully saturated rings. The monoisotopic (exact) mass is 466 g/mol. The van der Waals surface area contributed by atoms with Crippen LogP contribution in [0.5, 0.6) is 0 Å². The van der Waals surface area contributed by atoms with E-state index in [1.165, 1.54) is 56.9 Å². The maximum Gasteiger partial charge on any atom is 0.105 e. The Bertz CT molecular complexity index is 660. The van der Waals surface area contributed by atoms with Gasteiger partial charge < -0.3 is 9.84 Å². The summed E-state index contributed by atoms with van der Waals surface area (Å²) in [6, 6.07) is 0. The van der Waals surface area contributed by atoms with Crippen LogP contribution in [0.3, 0.4) is 0 Å². The first-order valence-corrected chi connectivity index (χ1v) is 13.7. The summed E-state index contributed by atoms with van der Waals surface area (Å²) in [4.78, 5) is 0. The van der Waals surface area contributed by atoms with Crippen LogP contribution in [0.1, 0.15) is 106 Å². The summed E-state index contributed by atoms with van der Waals surface area (Å²) in [6.07, 6.45) is 15.4. The summed E-state index contributed by atoms with van der Waals surface area (Å²) in [5.41, 5.74) is 2.24. The second-order valence-electron chi connectivity index (χ2n) is 12.7. The summed E-state index contributed by atoms with van der Waals surface area (Å²) in [7, 11) is 0. The highest BCUT2D eigenvalue weighted by Crippen LogP contribution is 2.67. The minimum absolute atomic E-state index is 0. The number of rotatable bonds is 7. The molecule has 0 saturated heterocycles.